The van der Waals surface area contributed by atoms with Crippen LogP contribution in [-0.4, -0.2) is 10.1 Å². The van der Waals surface area contributed by atoms with Crippen LogP contribution < -0.4 is 0 Å². The molecule has 94 valence electrons. The van der Waals surface area contributed by atoms with E-state index in [4.69, 9.17) is 11.6 Å². The lowest BCUT2D eigenvalue weighted by molar-refractivity contribution is 0.219. The van der Waals surface area contributed by atoms with Gasteiger partial charge in [-0.3, -0.25) is 0 Å². The number of hydrogen-bond donors (Lipinski definition) is 1. The van der Waals surface area contributed by atoms with Crippen molar-refractivity contribution in [3.05, 3.63) is 50.9 Å². The number of aliphatic hydroxyl groups excluding tert-OH is 1. The van der Waals surface area contributed by atoms with E-state index < -0.39 is 6.10 Å². The van der Waals surface area contributed by atoms with Crippen molar-refractivity contribution in [1.29, 1.82) is 0 Å². The molecule has 1 heterocycles. The molecule has 0 saturated heterocycles. The third kappa shape index (κ3) is 2.30. The number of halogens is 1. The van der Waals surface area contributed by atoms with Gasteiger partial charge in [-0.15, -0.1) is 11.3 Å². The summed E-state index contributed by atoms with van der Waals surface area (Å²) in [5.41, 5.74) is 2.26. The highest BCUT2D eigenvalue weighted by molar-refractivity contribution is 7.15. The molecule has 0 bridgehead atoms. The zero-order valence-corrected chi connectivity index (χ0v) is 11.4. The van der Waals surface area contributed by atoms with Crippen molar-refractivity contribution in [3.63, 3.8) is 0 Å². The normalized spacial score (nSPS) is 17.4. The number of thiazole rings is 1. The largest absolute Gasteiger partial charge is 0.381 e. The van der Waals surface area contributed by atoms with Crippen LogP contribution >= 0.6 is 22.9 Å². The van der Waals surface area contributed by atoms with E-state index in [1.54, 1.807) is 6.20 Å². The van der Waals surface area contributed by atoms with E-state index in [1.807, 2.05) is 12.1 Å². The van der Waals surface area contributed by atoms with Crippen molar-refractivity contribution in [2.45, 2.75) is 31.3 Å². The molecule has 1 fully saturated rings. The van der Waals surface area contributed by atoms with Gasteiger partial charge in [-0.05, 0) is 29.9 Å². The zero-order chi connectivity index (χ0) is 12.5. The molecule has 0 aliphatic heterocycles. The molecule has 2 nitrogen and oxygen atoms in total. The minimum absolute atomic E-state index is 0.607. The van der Waals surface area contributed by atoms with Crippen LogP contribution in [0.4, 0.5) is 0 Å². The molecule has 18 heavy (non-hydrogen) atoms. The Hall–Kier alpha value is -0.900. The zero-order valence-electron chi connectivity index (χ0n) is 9.84. The third-order valence-electron chi connectivity index (χ3n) is 3.56. The summed E-state index contributed by atoms with van der Waals surface area (Å²) < 4.78 is 0.607. The summed E-state index contributed by atoms with van der Waals surface area (Å²) in [7, 11) is 0. The van der Waals surface area contributed by atoms with Crippen molar-refractivity contribution in [2.24, 2.45) is 0 Å². The second-order valence-electron chi connectivity index (χ2n) is 4.70. The van der Waals surface area contributed by atoms with E-state index >= 15 is 0 Å². The lowest BCUT2D eigenvalue weighted by Crippen LogP contribution is -2.08. The Morgan fingerprint density at radius 1 is 1.28 bits per heavy atom. The maximum atomic E-state index is 10.2. The average molecular weight is 280 g/mol. The first kappa shape index (κ1) is 12.2. The maximum Gasteiger partial charge on any atom is 0.131 e. The van der Waals surface area contributed by atoms with Crippen LogP contribution in [0.15, 0.2) is 30.5 Å². The summed E-state index contributed by atoms with van der Waals surface area (Å²) in [5.74, 6) is 0.727. The summed E-state index contributed by atoms with van der Waals surface area (Å²) >= 11 is 7.15. The molecule has 1 N–H and O–H groups in total. The van der Waals surface area contributed by atoms with Gasteiger partial charge in [-0.25, -0.2) is 4.98 Å². The first-order chi connectivity index (χ1) is 8.74. The Morgan fingerprint density at radius 2 is 2.00 bits per heavy atom. The molecule has 1 saturated carbocycles. The van der Waals surface area contributed by atoms with E-state index in [9.17, 15) is 5.11 Å². The van der Waals surface area contributed by atoms with E-state index in [1.165, 1.54) is 36.2 Å². The van der Waals surface area contributed by atoms with E-state index in [2.05, 4.69) is 17.1 Å². The summed E-state index contributed by atoms with van der Waals surface area (Å²) in [5, 5.41) is 10.8. The molecule has 0 amide bonds. The summed E-state index contributed by atoms with van der Waals surface area (Å²) in [6.07, 6.45) is 4.84. The van der Waals surface area contributed by atoms with Gasteiger partial charge in [0, 0.05) is 0 Å². The molecule has 1 aliphatic rings. The van der Waals surface area contributed by atoms with Crippen molar-refractivity contribution < 1.29 is 5.11 Å². The first-order valence-corrected chi connectivity index (χ1v) is 7.32. The third-order valence-corrected chi connectivity index (χ3v) is 4.73. The monoisotopic (exact) mass is 279 g/mol. The average Bonchev–Trinajstić information content (AvgIpc) is 2.74. The van der Waals surface area contributed by atoms with Crippen LogP contribution in [0, 0.1) is 0 Å². The molecule has 0 spiro atoms. The molecule has 1 unspecified atom stereocenters. The number of rotatable bonds is 3. The van der Waals surface area contributed by atoms with Crippen LogP contribution in [0.5, 0.6) is 0 Å². The van der Waals surface area contributed by atoms with Gasteiger partial charge in [-0.1, -0.05) is 42.3 Å². The highest BCUT2D eigenvalue weighted by Gasteiger charge is 2.20. The van der Waals surface area contributed by atoms with Crippen LogP contribution in [0.25, 0.3) is 0 Å². The molecule has 4 heteroatoms. The van der Waals surface area contributed by atoms with Gasteiger partial charge in [-0.2, -0.15) is 0 Å². The van der Waals surface area contributed by atoms with Gasteiger partial charge >= 0.3 is 0 Å². The van der Waals surface area contributed by atoms with Crippen molar-refractivity contribution >= 4 is 22.9 Å². The topological polar surface area (TPSA) is 33.1 Å². The number of benzene rings is 1. The highest BCUT2D eigenvalue weighted by atomic mass is 35.5. The minimum Gasteiger partial charge on any atom is -0.381 e. The van der Waals surface area contributed by atoms with E-state index in [-0.39, 0.29) is 0 Å². The quantitative estimate of drug-likeness (QED) is 0.916. The lowest BCUT2D eigenvalue weighted by Gasteiger charge is -2.26. The fourth-order valence-corrected chi connectivity index (χ4v) is 3.17. The Morgan fingerprint density at radius 3 is 2.50 bits per heavy atom. The maximum absolute atomic E-state index is 10.2. The number of hydrogen-bond acceptors (Lipinski definition) is 3. The predicted octanol–water partition coefficient (Wildman–Crippen LogP) is 4.15. The van der Waals surface area contributed by atoms with E-state index in [0.29, 0.717) is 9.34 Å². The Kier molecular flexibility index (Phi) is 3.37. The summed E-state index contributed by atoms with van der Waals surface area (Å²) in [6, 6.07) is 8.23. The van der Waals surface area contributed by atoms with Crippen LogP contribution in [0.2, 0.25) is 4.34 Å². The predicted molar refractivity (Wildman–Crippen MR) is 74.2 cm³/mol. The van der Waals surface area contributed by atoms with Crippen molar-refractivity contribution in [3.8, 4) is 0 Å². The van der Waals surface area contributed by atoms with Crippen molar-refractivity contribution in [2.75, 3.05) is 0 Å². The number of aromatic nitrogens is 1. The van der Waals surface area contributed by atoms with Gasteiger partial charge in [0.15, 0.2) is 0 Å². The highest BCUT2D eigenvalue weighted by Crippen LogP contribution is 2.37. The molecule has 3 rings (SSSR count). The van der Waals surface area contributed by atoms with E-state index in [0.717, 1.165) is 11.5 Å². The smallest absolute Gasteiger partial charge is 0.131 e. The van der Waals surface area contributed by atoms with Gasteiger partial charge in [0.1, 0.15) is 15.4 Å². The van der Waals surface area contributed by atoms with Gasteiger partial charge < -0.3 is 5.11 Å². The van der Waals surface area contributed by atoms with Crippen LogP contribution in [-0.2, 0) is 0 Å². The van der Waals surface area contributed by atoms with Crippen molar-refractivity contribution in [1.82, 2.24) is 4.98 Å². The number of aliphatic hydroxyl groups is 1. The fourth-order valence-electron chi connectivity index (χ4n) is 2.23. The Balaban J connectivity index is 1.79. The molecular formula is C14H14ClNOS. The summed E-state index contributed by atoms with van der Waals surface area (Å²) in [4.78, 5) is 4.11. The Bertz CT molecular complexity index is 533. The molecule has 0 radical (unpaired) electrons. The first-order valence-electron chi connectivity index (χ1n) is 6.13. The standard InChI is InChI=1S/C14H14ClNOS/c15-12-8-16-14(18-12)13(17)11-6-4-10(5-7-11)9-2-1-3-9/h4-9,13,17H,1-3H2. The number of nitrogens with zero attached hydrogens (tertiary/aromatic N) is 1. The SMILES string of the molecule is OC(c1ccc(C2CCC2)cc1)c1ncc(Cl)s1. The lowest BCUT2D eigenvalue weighted by atomic mass is 9.80. The molecule has 1 aromatic heterocycles. The molecule has 2 aromatic rings. The van der Waals surface area contributed by atoms with Crippen LogP contribution in [0.3, 0.4) is 0 Å². The molecular weight excluding hydrogens is 266 g/mol. The minimum atomic E-state index is -0.669. The Labute approximate surface area is 115 Å². The second kappa shape index (κ2) is 5.00. The van der Waals surface area contributed by atoms with Gasteiger partial charge in [0.05, 0.1) is 6.20 Å². The molecule has 1 atom stereocenters. The fraction of sp³-hybridized carbons (Fsp3) is 0.357. The second-order valence-corrected chi connectivity index (χ2v) is 6.39. The molecule has 1 aromatic carbocycles. The van der Waals surface area contributed by atoms with Gasteiger partial charge in [0.2, 0.25) is 0 Å². The van der Waals surface area contributed by atoms with Gasteiger partial charge in [0.25, 0.3) is 0 Å². The summed E-state index contributed by atoms with van der Waals surface area (Å²) in [6.45, 7) is 0. The van der Waals surface area contributed by atoms with Crippen LogP contribution in [0.1, 0.15) is 47.4 Å². The molecule has 1 aliphatic carbocycles.